The van der Waals surface area contributed by atoms with Crippen LogP contribution < -0.4 is 11.1 Å². The van der Waals surface area contributed by atoms with Crippen molar-refractivity contribution in [1.29, 1.82) is 5.26 Å². The fourth-order valence-corrected chi connectivity index (χ4v) is 1.44. The summed E-state index contributed by atoms with van der Waals surface area (Å²) in [6.45, 7) is 0. The lowest BCUT2D eigenvalue weighted by atomic mass is 10.2. The molecule has 0 unspecified atom stereocenters. The van der Waals surface area contributed by atoms with E-state index in [1.54, 1.807) is 0 Å². The van der Waals surface area contributed by atoms with Gasteiger partial charge in [0.1, 0.15) is 17.6 Å². The van der Waals surface area contributed by atoms with E-state index in [-0.39, 0.29) is 16.9 Å². The fourth-order valence-electron chi connectivity index (χ4n) is 1.44. The molecule has 1 amide bonds. The summed E-state index contributed by atoms with van der Waals surface area (Å²) in [6.07, 6.45) is 1.35. The Labute approximate surface area is 108 Å². The number of hydrogen-bond acceptors (Lipinski definition) is 4. The van der Waals surface area contributed by atoms with Crippen LogP contribution in [0.4, 0.5) is 15.8 Å². The number of amides is 1. The van der Waals surface area contributed by atoms with Crippen molar-refractivity contribution >= 4 is 17.3 Å². The molecule has 0 aliphatic heterocycles. The molecule has 19 heavy (non-hydrogen) atoms. The summed E-state index contributed by atoms with van der Waals surface area (Å²) in [5, 5.41) is 11.4. The van der Waals surface area contributed by atoms with Crippen molar-refractivity contribution in [1.82, 2.24) is 4.98 Å². The van der Waals surface area contributed by atoms with Crippen LogP contribution in [-0.2, 0) is 0 Å². The third-order valence-electron chi connectivity index (χ3n) is 2.37. The van der Waals surface area contributed by atoms with Gasteiger partial charge in [-0.2, -0.15) is 5.26 Å². The Hall–Kier alpha value is -2.94. The molecule has 6 heteroatoms. The van der Waals surface area contributed by atoms with Gasteiger partial charge in [-0.3, -0.25) is 4.79 Å². The quantitative estimate of drug-likeness (QED) is 0.858. The predicted octanol–water partition coefficient (Wildman–Crippen LogP) is 1.93. The second-order valence-corrected chi connectivity index (χ2v) is 3.73. The highest BCUT2D eigenvalue weighted by Crippen LogP contribution is 2.16. The Kier molecular flexibility index (Phi) is 3.39. The zero-order chi connectivity index (χ0) is 13.8. The van der Waals surface area contributed by atoms with Gasteiger partial charge >= 0.3 is 0 Å². The zero-order valence-electron chi connectivity index (χ0n) is 9.72. The van der Waals surface area contributed by atoms with Gasteiger partial charge < -0.3 is 11.1 Å². The number of carbonyl (C=O) groups excluding carboxylic acids is 1. The molecule has 0 fully saturated rings. The highest BCUT2D eigenvalue weighted by Gasteiger charge is 2.10. The molecule has 1 aromatic carbocycles. The smallest absolute Gasteiger partial charge is 0.274 e. The van der Waals surface area contributed by atoms with Crippen LogP contribution in [0, 0.1) is 17.1 Å². The molecule has 0 aliphatic carbocycles. The van der Waals surface area contributed by atoms with Crippen molar-refractivity contribution < 1.29 is 9.18 Å². The van der Waals surface area contributed by atoms with Crippen molar-refractivity contribution in [3.63, 3.8) is 0 Å². The normalized spacial score (nSPS) is 9.68. The van der Waals surface area contributed by atoms with Gasteiger partial charge in [0.2, 0.25) is 0 Å². The Bertz CT molecular complexity index is 661. The molecule has 2 rings (SSSR count). The van der Waals surface area contributed by atoms with Crippen molar-refractivity contribution in [2.75, 3.05) is 11.1 Å². The molecule has 0 saturated heterocycles. The molecule has 0 spiro atoms. The van der Waals surface area contributed by atoms with Crippen LogP contribution in [-0.4, -0.2) is 10.9 Å². The van der Waals surface area contributed by atoms with Crippen LogP contribution in [0.2, 0.25) is 0 Å². The van der Waals surface area contributed by atoms with E-state index in [9.17, 15) is 9.18 Å². The molecule has 1 aromatic heterocycles. The fraction of sp³-hybridized carbons (Fsp3) is 0. The van der Waals surface area contributed by atoms with Gasteiger partial charge in [0, 0.05) is 0 Å². The van der Waals surface area contributed by atoms with Gasteiger partial charge in [0.15, 0.2) is 0 Å². The van der Waals surface area contributed by atoms with Crippen LogP contribution in [0.3, 0.4) is 0 Å². The third kappa shape index (κ3) is 2.84. The van der Waals surface area contributed by atoms with E-state index < -0.39 is 11.7 Å². The van der Waals surface area contributed by atoms with Gasteiger partial charge in [-0.1, -0.05) is 0 Å². The molecule has 0 aliphatic rings. The average molecular weight is 256 g/mol. The Morgan fingerprint density at radius 1 is 1.37 bits per heavy atom. The lowest BCUT2D eigenvalue weighted by molar-refractivity contribution is 0.102. The maximum absolute atomic E-state index is 12.9. The highest BCUT2D eigenvalue weighted by molar-refractivity contribution is 6.03. The maximum atomic E-state index is 12.9. The monoisotopic (exact) mass is 256 g/mol. The van der Waals surface area contributed by atoms with Crippen molar-refractivity contribution in [3.8, 4) is 6.07 Å². The number of rotatable bonds is 2. The van der Waals surface area contributed by atoms with Crippen LogP contribution in [0.5, 0.6) is 0 Å². The van der Waals surface area contributed by atoms with Crippen molar-refractivity contribution in [3.05, 3.63) is 53.6 Å². The number of anilines is 2. The first-order chi connectivity index (χ1) is 9.10. The first kappa shape index (κ1) is 12.5. The van der Waals surface area contributed by atoms with Crippen molar-refractivity contribution in [2.45, 2.75) is 0 Å². The zero-order valence-corrected chi connectivity index (χ0v) is 9.72. The predicted molar refractivity (Wildman–Crippen MR) is 67.7 cm³/mol. The number of nitrogens with zero attached hydrogens (tertiary/aromatic N) is 2. The number of halogens is 1. The van der Waals surface area contributed by atoms with Crippen LogP contribution in [0.15, 0.2) is 36.5 Å². The minimum atomic E-state index is -0.542. The van der Waals surface area contributed by atoms with Crippen LogP contribution in [0.1, 0.15) is 16.1 Å². The Morgan fingerprint density at radius 3 is 2.79 bits per heavy atom. The topological polar surface area (TPSA) is 91.8 Å². The first-order valence-electron chi connectivity index (χ1n) is 5.32. The summed E-state index contributed by atoms with van der Waals surface area (Å²) in [5.74, 6) is -1.04. The number of nitrogens with one attached hydrogen (secondary N) is 1. The third-order valence-corrected chi connectivity index (χ3v) is 2.37. The van der Waals surface area contributed by atoms with Crippen LogP contribution in [0.25, 0.3) is 0 Å². The van der Waals surface area contributed by atoms with E-state index in [0.717, 1.165) is 12.1 Å². The number of nitrogen functional groups attached to an aromatic ring is 1. The van der Waals surface area contributed by atoms with E-state index in [2.05, 4.69) is 10.3 Å². The number of carbonyl (C=O) groups is 1. The van der Waals surface area contributed by atoms with E-state index in [0.29, 0.717) is 5.69 Å². The van der Waals surface area contributed by atoms with Crippen LogP contribution >= 0.6 is 0 Å². The summed E-state index contributed by atoms with van der Waals surface area (Å²) < 4.78 is 12.9. The van der Waals surface area contributed by atoms with Gasteiger partial charge in [-0.05, 0) is 30.3 Å². The number of nitrogens with two attached hydrogens (primary N) is 1. The molecule has 3 N–H and O–H groups in total. The molecule has 0 saturated carbocycles. The minimum absolute atomic E-state index is 0.0452. The number of aromatic nitrogens is 1. The lowest BCUT2D eigenvalue weighted by Gasteiger charge is -2.06. The van der Waals surface area contributed by atoms with Crippen molar-refractivity contribution in [2.24, 2.45) is 0 Å². The van der Waals surface area contributed by atoms with E-state index in [1.165, 1.54) is 24.4 Å². The summed E-state index contributed by atoms with van der Waals surface area (Å²) >= 11 is 0. The molecule has 0 bridgehead atoms. The van der Waals surface area contributed by atoms with E-state index >= 15 is 0 Å². The SMILES string of the molecule is N#Cc1cc(F)ccc1NC(=O)c1ccc(N)cn1. The molecule has 1 heterocycles. The highest BCUT2D eigenvalue weighted by atomic mass is 19.1. The van der Waals surface area contributed by atoms with Gasteiger partial charge in [-0.25, -0.2) is 9.37 Å². The lowest BCUT2D eigenvalue weighted by Crippen LogP contribution is -2.14. The molecule has 2 aromatic rings. The molecule has 0 atom stereocenters. The van der Waals surface area contributed by atoms with E-state index in [4.69, 9.17) is 11.0 Å². The summed E-state index contributed by atoms with van der Waals surface area (Å²) in [4.78, 5) is 15.7. The number of nitriles is 1. The average Bonchev–Trinajstić information content (AvgIpc) is 2.41. The Morgan fingerprint density at radius 2 is 2.16 bits per heavy atom. The second-order valence-electron chi connectivity index (χ2n) is 3.73. The van der Waals surface area contributed by atoms with Gasteiger partial charge in [0.25, 0.3) is 5.91 Å². The largest absolute Gasteiger partial charge is 0.397 e. The van der Waals surface area contributed by atoms with Gasteiger partial charge in [-0.15, -0.1) is 0 Å². The molecule has 5 nitrogen and oxygen atoms in total. The minimum Gasteiger partial charge on any atom is -0.397 e. The Balaban J connectivity index is 2.24. The second kappa shape index (κ2) is 5.14. The summed E-state index contributed by atoms with van der Waals surface area (Å²) in [6, 6.07) is 8.33. The van der Waals surface area contributed by atoms with E-state index in [1.807, 2.05) is 6.07 Å². The molecule has 0 radical (unpaired) electrons. The molecular formula is C13H9FN4O. The number of pyridine rings is 1. The van der Waals surface area contributed by atoms with Gasteiger partial charge in [0.05, 0.1) is 23.1 Å². The maximum Gasteiger partial charge on any atom is 0.274 e. The number of benzene rings is 1. The molecule has 94 valence electrons. The first-order valence-corrected chi connectivity index (χ1v) is 5.32. The molecular weight excluding hydrogens is 247 g/mol. The standard InChI is InChI=1S/C13H9FN4O/c14-9-1-3-11(8(5-9)6-15)18-13(19)12-4-2-10(16)7-17-12/h1-5,7H,16H2,(H,18,19). The summed E-state index contributed by atoms with van der Waals surface area (Å²) in [5.41, 5.74) is 6.33. The number of hydrogen-bond donors (Lipinski definition) is 2. The summed E-state index contributed by atoms with van der Waals surface area (Å²) in [7, 11) is 0.